The van der Waals surface area contributed by atoms with E-state index in [2.05, 4.69) is 27.1 Å². The van der Waals surface area contributed by atoms with Gasteiger partial charge in [0.25, 0.3) is 0 Å². The molecule has 0 spiro atoms. The molecule has 0 saturated carbocycles. The van der Waals surface area contributed by atoms with E-state index in [4.69, 9.17) is 4.74 Å². The Hall–Kier alpha value is -1.05. The lowest BCUT2D eigenvalue weighted by Gasteiger charge is -2.34. The second-order valence-corrected chi connectivity index (χ2v) is 6.18. The van der Waals surface area contributed by atoms with E-state index in [0.717, 1.165) is 54.1 Å². The van der Waals surface area contributed by atoms with Crippen molar-refractivity contribution < 1.29 is 4.74 Å². The largest absolute Gasteiger partial charge is 0.497 e. The highest BCUT2D eigenvalue weighted by Crippen LogP contribution is 2.20. The second kappa shape index (κ2) is 7.99. The SMILES string of the molecule is Br.COc1ccc(C2=NN=C(N3CCN(C)CC3)SC2)cc1. The lowest BCUT2D eigenvalue weighted by atomic mass is 10.1. The van der Waals surface area contributed by atoms with Crippen molar-refractivity contribution in [2.75, 3.05) is 46.1 Å². The zero-order valence-corrected chi connectivity index (χ0v) is 15.4. The fourth-order valence-corrected chi connectivity index (χ4v) is 3.32. The fraction of sp³-hybridized carbons (Fsp3) is 0.467. The van der Waals surface area contributed by atoms with Crippen LogP contribution in [0.3, 0.4) is 0 Å². The van der Waals surface area contributed by atoms with Gasteiger partial charge in [-0.1, -0.05) is 11.8 Å². The van der Waals surface area contributed by atoms with Crippen LogP contribution in [0, 0.1) is 0 Å². The molecule has 0 atom stereocenters. The van der Waals surface area contributed by atoms with Crippen LogP contribution in [0.2, 0.25) is 0 Å². The standard InChI is InChI=1S/C15H20N4OS.BrH/c1-18-7-9-19(10-8-18)15-17-16-14(11-21-15)12-3-5-13(20-2)6-4-12;/h3-6H,7-11H2,1-2H3;1H. The van der Waals surface area contributed by atoms with Gasteiger partial charge in [0.15, 0.2) is 5.17 Å². The molecule has 3 rings (SSSR count). The van der Waals surface area contributed by atoms with E-state index < -0.39 is 0 Å². The first-order chi connectivity index (χ1) is 10.3. The molecular formula is C15H21BrN4OS. The van der Waals surface area contributed by atoms with Gasteiger partial charge in [-0.2, -0.15) is 5.10 Å². The average Bonchev–Trinajstić information content (AvgIpc) is 2.56. The summed E-state index contributed by atoms with van der Waals surface area (Å²) in [5.41, 5.74) is 2.14. The monoisotopic (exact) mass is 384 g/mol. The van der Waals surface area contributed by atoms with E-state index in [1.165, 1.54) is 0 Å². The lowest BCUT2D eigenvalue weighted by Crippen LogP contribution is -2.46. The fourth-order valence-electron chi connectivity index (χ4n) is 2.37. The molecule has 1 fully saturated rings. The van der Waals surface area contributed by atoms with Gasteiger partial charge in [0, 0.05) is 31.9 Å². The molecule has 0 bridgehead atoms. The summed E-state index contributed by atoms with van der Waals surface area (Å²) >= 11 is 1.78. The second-order valence-electron chi connectivity index (χ2n) is 5.24. The molecule has 2 heterocycles. The van der Waals surface area contributed by atoms with Crippen LogP contribution in [-0.2, 0) is 0 Å². The number of likely N-dealkylation sites (N-methyl/N-ethyl adjacent to an activating group) is 1. The van der Waals surface area contributed by atoms with Crippen molar-refractivity contribution in [2.24, 2.45) is 10.2 Å². The van der Waals surface area contributed by atoms with Gasteiger partial charge in [-0.3, -0.25) is 0 Å². The molecular weight excluding hydrogens is 364 g/mol. The van der Waals surface area contributed by atoms with E-state index >= 15 is 0 Å². The molecule has 1 saturated heterocycles. The van der Waals surface area contributed by atoms with Gasteiger partial charge in [-0.25, -0.2) is 0 Å². The summed E-state index contributed by atoms with van der Waals surface area (Å²) in [6.07, 6.45) is 0. The van der Waals surface area contributed by atoms with E-state index in [1.54, 1.807) is 18.9 Å². The first-order valence-corrected chi connectivity index (χ1v) is 8.10. The predicted octanol–water partition coefficient (Wildman–Crippen LogP) is 2.33. The van der Waals surface area contributed by atoms with Crippen molar-refractivity contribution in [1.82, 2.24) is 9.80 Å². The molecule has 0 aromatic heterocycles. The van der Waals surface area contributed by atoms with Crippen molar-refractivity contribution in [2.45, 2.75) is 0 Å². The molecule has 5 nitrogen and oxygen atoms in total. The number of hydrogen-bond acceptors (Lipinski definition) is 6. The summed E-state index contributed by atoms with van der Waals surface area (Å²) in [6, 6.07) is 7.99. The molecule has 2 aliphatic rings. The van der Waals surface area contributed by atoms with Crippen LogP contribution in [0.4, 0.5) is 0 Å². The number of nitrogens with zero attached hydrogens (tertiary/aromatic N) is 4. The molecule has 7 heteroatoms. The Morgan fingerprint density at radius 2 is 1.73 bits per heavy atom. The number of ether oxygens (including phenoxy) is 1. The maximum Gasteiger partial charge on any atom is 0.186 e. The van der Waals surface area contributed by atoms with Crippen molar-refractivity contribution in [3.8, 4) is 5.75 Å². The quantitative estimate of drug-likeness (QED) is 0.784. The number of thioether (sulfide) groups is 1. The summed E-state index contributed by atoms with van der Waals surface area (Å²) < 4.78 is 5.18. The van der Waals surface area contributed by atoms with E-state index in [1.807, 2.05) is 24.3 Å². The zero-order chi connectivity index (χ0) is 14.7. The number of rotatable bonds is 2. The van der Waals surface area contributed by atoms with Gasteiger partial charge in [-0.15, -0.1) is 22.1 Å². The smallest absolute Gasteiger partial charge is 0.186 e. The Morgan fingerprint density at radius 1 is 1.05 bits per heavy atom. The van der Waals surface area contributed by atoms with Crippen LogP contribution < -0.4 is 4.74 Å². The number of piperazine rings is 1. The van der Waals surface area contributed by atoms with Crippen LogP contribution in [-0.4, -0.2) is 66.8 Å². The minimum atomic E-state index is 0. The van der Waals surface area contributed by atoms with Crippen molar-refractivity contribution in [3.05, 3.63) is 29.8 Å². The van der Waals surface area contributed by atoms with Gasteiger partial charge >= 0.3 is 0 Å². The van der Waals surface area contributed by atoms with Gasteiger partial charge in [0.2, 0.25) is 0 Å². The van der Waals surface area contributed by atoms with Gasteiger partial charge in [-0.05, 0) is 36.9 Å². The highest BCUT2D eigenvalue weighted by molar-refractivity contribution is 8.93. The first kappa shape index (κ1) is 17.3. The van der Waals surface area contributed by atoms with Crippen LogP contribution >= 0.6 is 28.7 Å². The van der Waals surface area contributed by atoms with E-state index in [0.29, 0.717) is 0 Å². The minimum absolute atomic E-state index is 0. The Labute approximate surface area is 146 Å². The number of benzene rings is 1. The summed E-state index contributed by atoms with van der Waals surface area (Å²) in [6.45, 7) is 4.26. The molecule has 0 amide bonds. The van der Waals surface area contributed by atoms with Gasteiger partial charge < -0.3 is 14.5 Å². The van der Waals surface area contributed by atoms with Crippen LogP contribution in [0.15, 0.2) is 34.5 Å². The summed E-state index contributed by atoms with van der Waals surface area (Å²) in [4.78, 5) is 4.68. The van der Waals surface area contributed by atoms with Crippen LogP contribution in [0.1, 0.15) is 5.56 Å². The normalized spacial score (nSPS) is 19.1. The van der Waals surface area contributed by atoms with Crippen molar-refractivity contribution in [1.29, 1.82) is 0 Å². The Bertz CT molecular complexity index is 553. The maximum absolute atomic E-state index is 5.18. The third-order valence-corrected chi connectivity index (χ3v) is 4.81. The average molecular weight is 385 g/mol. The van der Waals surface area contributed by atoms with Gasteiger partial charge in [0.1, 0.15) is 5.75 Å². The number of methoxy groups -OCH3 is 1. The number of hydrogen-bond donors (Lipinski definition) is 0. The zero-order valence-electron chi connectivity index (χ0n) is 12.9. The Kier molecular flexibility index (Phi) is 6.28. The van der Waals surface area contributed by atoms with Crippen LogP contribution in [0.25, 0.3) is 0 Å². The minimum Gasteiger partial charge on any atom is -0.497 e. The lowest BCUT2D eigenvalue weighted by molar-refractivity contribution is 0.218. The third-order valence-electron chi connectivity index (χ3n) is 3.79. The summed E-state index contributed by atoms with van der Waals surface area (Å²) in [7, 11) is 3.84. The molecule has 1 aromatic carbocycles. The van der Waals surface area contributed by atoms with Crippen molar-refractivity contribution in [3.63, 3.8) is 0 Å². The maximum atomic E-state index is 5.18. The summed E-state index contributed by atoms with van der Waals surface area (Å²) in [5.74, 6) is 1.74. The first-order valence-electron chi connectivity index (χ1n) is 7.11. The predicted molar refractivity (Wildman–Crippen MR) is 98.8 cm³/mol. The molecule has 2 aliphatic heterocycles. The molecule has 120 valence electrons. The molecule has 0 radical (unpaired) electrons. The summed E-state index contributed by atoms with van der Waals surface area (Å²) in [5, 5.41) is 9.90. The van der Waals surface area contributed by atoms with Gasteiger partial charge in [0.05, 0.1) is 12.8 Å². The van der Waals surface area contributed by atoms with E-state index in [-0.39, 0.29) is 17.0 Å². The Balaban J connectivity index is 0.00000176. The van der Waals surface area contributed by atoms with E-state index in [9.17, 15) is 0 Å². The third kappa shape index (κ3) is 4.02. The Morgan fingerprint density at radius 3 is 2.27 bits per heavy atom. The highest BCUT2D eigenvalue weighted by atomic mass is 79.9. The molecule has 22 heavy (non-hydrogen) atoms. The molecule has 0 aliphatic carbocycles. The molecule has 0 N–H and O–H groups in total. The molecule has 1 aromatic rings. The highest BCUT2D eigenvalue weighted by Gasteiger charge is 2.21. The van der Waals surface area contributed by atoms with Crippen molar-refractivity contribution >= 4 is 39.6 Å². The number of amidine groups is 1. The number of halogens is 1. The van der Waals surface area contributed by atoms with Crippen LogP contribution in [0.5, 0.6) is 5.75 Å². The molecule has 0 unspecified atom stereocenters. The topological polar surface area (TPSA) is 40.4 Å².